The van der Waals surface area contributed by atoms with Crippen LogP contribution in [0, 0.1) is 12.8 Å². The molecule has 0 aliphatic carbocycles. The number of nitrogens with zero attached hydrogens (tertiary/aromatic N) is 1. The van der Waals surface area contributed by atoms with E-state index >= 15 is 0 Å². The van der Waals surface area contributed by atoms with Crippen molar-refractivity contribution >= 4 is 12.7 Å². The summed E-state index contributed by atoms with van der Waals surface area (Å²) in [4.78, 5) is 0. The number of benzene rings is 1. The number of hydrogen-bond donors (Lipinski definition) is 1. The smallest absolute Gasteiger partial charge is 0.0493 e. The zero-order valence-corrected chi connectivity index (χ0v) is 13.7. The molecule has 1 fully saturated rings. The summed E-state index contributed by atoms with van der Waals surface area (Å²) in [5.41, 5.74) is 3.96. The fraction of sp³-hybridized carbons (Fsp3) is 0.400. The Hall–Kier alpha value is -1.80. The average molecular weight is 294 g/mol. The first-order valence-corrected chi connectivity index (χ1v) is 8.32. The summed E-state index contributed by atoms with van der Waals surface area (Å²) in [5.74, 6) is 0.703. The summed E-state index contributed by atoms with van der Waals surface area (Å²) >= 11 is 0. The summed E-state index contributed by atoms with van der Waals surface area (Å²) < 4.78 is 2.43. The summed E-state index contributed by atoms with van der Waals surface area (Å²) in [7, 11) is 0. The molecule has 3 rings (SSSR count). The van der Waals surface area contributed by atoms with Crippen LogP contribution >= 0.6 is 0 Å². The minimum atomic E-state index is 0.703. The van der Waals surface area contributed by atoms with Gasteiger partial charge in [-0.2, -0.15) is 0 Å². The predicted octanol–water partition coefficient (Wildman–Crippen LogP) is 2.67. The third-order valence-corrected chi connectivity index (χ3v) is 4.81. The minimum absolute atomic E-state index is 0.703. The van der Waals surface area contributed by atoms with Gasteiger partial charge in [-0.3, -0.25) is 0 Å². The van der Waals surface area contributed by atoms with E-state index in [2.05, 4.69) is 66.7 Å². The standard InChI is InChI=1S/C20H26N2/c1-4-18-12-20(19-10-6-5-8-15(19)2)22(16(18)3)14-17-9-7-11-21-13-17/h4-6,8,10,12,17,21H,3,7,9,11,13-14H2,1-2H3/b18-4-/t17-/m1/s1. The molecule has 1 aromatic carbocycles. The summed E-state index contributed by atoms with van der Waals surface area (Å²) in [5, 5.41) is 5.92. The third kappa shape index (κ3) is 2.89. The van der Waals surface area contributed by atoms with Gasteiger partial charge < -0.3 is 9.88 Å². The van der Waals surface area contributed by atoms with Gasteiger partial charge in [-0.25, -0.2) is 0 Å². The Morgan fingerprint density at radius 3 is 2.86 bits per heavy atom. The molecule has 1 aliphatic rings. The quantitative estimate of drug-likeness (QED) is 0.921. The van der Waals surface area contributed by atoms with Gasteiger partial charge in [-0.1, -0.05) is 36.9 Å². The number of nitrogens with one attached hydrogen (secondary N) is 1. The molecule has 0 spiro atoms. The van der Waals surface area contributed by atoms with Crippen LogP contribution < -0.4 is 15.9 Å². The molecule has 1 atom stereocenters. The second-order valence-electron chi connectivity index (χ2n) is 6.36. The molecule has 2 aromatic rings. The second-order valence-corrected chi connectivity index (χ2v) is 6.36. The van der Waals surface area contributed by atoms with Crippen LogP contribution in [-0.2, 0) is 6.54 Å². The monoisotopic (exact) mass is 294 g/mol. The van der Waals surface area contributed by atoms with Crippen molar-refractivity contribution in [3.05, 3.63) is 46.5 Å². The molecule has 22 heavy (non-hydrogen) atoms. The Morgan fingerprint density at radius 2 is 2.18 bits per heavy atom. The highest BCUT2D eigenvalue weighted by Crippen LogP contribution is 2.23. The van der Waals surface area contributed by atoms with Crippen molar-refractivity contribution in [2.75, 3.05) is 13.1 Å². The summed E-state index contributed by atoms with van der Waals surface area (Å²) in [6.07, 6.45) is 4.76. The lowest BCUT2D eigenvalue weighted by atomic mass is 9.99. The zero-order chi connectivity index (χ0) is 15.5. The molecule has 2 heterocycles. The fourth-order valence-corrected chi connectivity index (χ4v) is 3.49. The van der Waals surface area contributed by atoms with Crippen LogP contribution in [0.5, 0.6) is 0 Å². The maximum absolute atomic E-state index is 4.34. The molecule has 1 aromatic heterocycles. The molecule has 0 unspecified atom stereocenters. The Morgan fingerprint density at radius 1 is 1.36 bits per heavy atom. The highest BCUT2D eigenvalue weighted by Gasteiger charge is 2.16. The van der Waals surface area contributed by atoms with Crippen LogP contribution in [0.4, 0.5) is 0 Å². The van der Waals surface area contributed by atoms with Gasteiger partial charge in [0, 0.05) is 23.2 Å². The lowest BCUT2D eigenvalue weighted by Gasteiger charge is -2.24. The largest absolute Gasteiger partial charge is 0.341 e. The van der Waals surface area contributed by atoms with Crippen molar-refractivity contribution in [2.24, 2.45) is 5.92 Å². The van der Waals surface area contributed by atoms with E-state index in [1.54, 1.807) is 0 Å². The first-order valence-electron chi connectivity index (χ1n) is 8.32. The van der Waals surface area contributed by atoms with Crippen molar-refractivity contribution in [3.8, 4) is 11.3 Å². The molecule has 2 nitrogen and oxygen atoms in total. The molecule has 0 bridgehead atoms. The maximum Gasteiger partial charge on any atom is 0.0493 e. The van der Waals surface area contributed by atoms with Crippen molar-refractivity contribution < 1.29 is 0 Å². The number of hydrogen-bond acceptors (Lipinski definition) is 1. The fourth-order valence-electron chi connectivity index (χ4n) is 3.49. The highest BCUT2D eigenvalue weighted by atomic mass is 15.0. The van der Waals surface area contributed by atoms with Crippen LogP contribution in [0.2, 0.25) is 0 Å². The SMILES string of the molecule is C=c1/c(=C\C)cc(-c2ccccc2C)n1C[C@@H]1CCCNC1. The minimum Gasteiger partial charge on any atom is -0.341 e. The van der Waals surface area contributed by atoms with Crippen LogP contribution in [-0.4, -0.2) is 17.7 Å². The Balaban J connectivity index is 2.06. The highest BCUT2D eigenvalue weighted by molar-refractivity contribution is 5.64. The molecule has 1 saturated heterocycles. The molecule has 0 radical (unpaired) electrons. The molecular formula is C20H26N2. The van der Waals surface area contributed by atoms with E-state index in [4.69, 9.17) is 0 Å². The molecule has 0 amide bonds. The number of rotatable bonds is 3. The lowest BCUT2D eigenvalue weighted by molar-refractivity contribution is 0.336. The number of piperidine rings is 1. The van der Waals surface area contributed by atoms with Gasteiger partial charge in [0.1, 0.15) is 0 Å². The predicted molar refractivity (Wildman–Crippen MR) is 95.1 cm³/mol. The Bertz CT molecular complexity index is 748. The van der Waals surface area contributed by atoms with Crippen molar-refractivity contribution in [1.29, 1.82) is 0 Å². The van der Waals surface area contributed by atoms with Gasteiger partial charge in [-0.15, -0.1) is 0 Å². The van der Waals surface area contributed by atoms with Gasteiger partial charge in [-0.05, 0) is 62.5 Å². The van der Waals surface area contributed by atoms with Crippen LogP contribution in [0.15, 0.2) is 30.3 Å². The average Bonchev–Trinajstić information content (AvgIpc) is 2.85. The number of aromatic nitrogens is 1. The zero-order valence-electron chi connectivity index (χ0n) is 13.7. The van der Waals surface area contributed by atoms with Crippen molar-refractivity contribution in [2.45, 2.75) is 33.2 Å². The Labute approximate surface area is 133 Å². The van der Waals surface area contributed by atoms with Gasteiger partial charge >= 0.3 is 0 Å². The van der Waals surface area contributed by atoms with E-state index in [1.165, 1.54) is 34.9 Å². The first-order chi connectivity index (χ1) is 10.7. The van der Waals surface area contributed by atoms with Gasteiger partial charge in [0.25, 0.3) is 0 Å². The van der Waals surface area contributed by atoms with E-state index in [9.17, 15) is 0 Å². The topological polar surface area (TPSA) is 17.0 Å². The third-order valence-electron chi connectivity index (χ3n) is 4.81. The Kier molecular flexibility index (Phi) is 4.49. The number of aryl methyl sites for hydroxylation is 1. The van der Waals surface area contributed by atoms with E-state index in [1.807, 2.05) is 0 Å². The summed E-state index contributed by atoms with van der Waals surface area (Å²) in [6.45, 7) is 12.0. The normalized spacial score (nSPS) is 19.5. The maximum atomic E-state index is 4.34. The molecule has 2 heteroatoms. The van der Waals surface area contributed by atoms with Crippen LogP contribution in [0.25, 0.3) is 23.9 Å². The molecule has 0 saturated carbocycles. The van der Waals surface area contributed by atoms with E-state index in [-0.39, 0.29) is 0 Å². The lowest BCUT2D eigenvalue weighted by Crippen LogP contribution is -2.36. The van der Waals surface area contributed by atoms with Crippen LogP contribution in [0.3, 0.4) is 0 Å². The molecular weight excluding hydrogens is 268 g/mol. The second kappa shape index (κ2) is 6.53. The van der Waals surface area contributed by atoms with Gasteiger partial charge in [0.2, 0.25) is 0 Å². The van der Waals surface area contributed by atoms with Gasteiger partial charge in [0.05, 0.1) is 0 Å². The van der Waals surface area contributed by atoms with Crippen molar-refractivity contribution in [3.63, 3.8) is 0 Å². The van der Waals surface area contributed by atoms with Crippen molar-refractivity contribution in [1.82, 2.24) is 9.88 Å². The summed E-state index contributed by atoms with van der Waals surface area (Å²) in [6, 6.07) is 10.9. The first kappa shape index (κ1) is 15.1. The van der Waals surface area contributed by atoms with E-state index in [0.717, 1.165) is 25.0 Å². The molecule has 116 valence electrons. The van der Waals surface area contributed by atoms with E-state index in [0.29, 0.717) is 5.92 Å². The molecule has 1 aliphatic heterocycles. The van der Waals surface area contributed by atoms with E-state index < -0.39 is 0 Å². The van der Waals surface area contributed by atoms with Gasteiger partial charge in [0.15, 0.2) is 0 Å². The van der Waals surface area contributed by atoms with Crippen LogP contribution in [0.1, 0.15) is 25.3 Å². The molecule has 1 N–H and O–H groups in total.